The van der Waals surface area contributed by atoms with Gasteiger partial charge in [-0.2, -0.15) is 5.26 Å². The van der Waals surface area contributed by atoms with Crippen molar-refractivity contribution in [3.63, 3.8) is 0 Å². The molecule has 3 nitrogen and oxygen atoms in total. The van der Waals surface area contributed by atoms with E-state index in [1.54, 1.807) is 7.11 Å². The van der Waals surface area contributed by atoms with Gasteiger partial charge in [-0.05, 0) is 44.0 Å². The van der Waals surface area contributed by atoms with Crippen LogP contribution >= 0.6 is 0 Å². The monoisotopic (exact) mass is 272 g/mol. The summed E-state index contributed by atoms with van der Waals surface area (Å²) in [5, 5.41) is 9.04. The molecule has 2 rings (SSSR count). The van der Waals surface area contributed by atoms with Crippen molar-refractivity contribution in [3.05, 3.63) is 29.3 Å². The standard InChI is InChI=1S/C17H24N2O/c1-13-5-4-6-16(9-13)19(2)12-15-10-14(11-18)7-8-17(15)20-3/h7-8,10,13,16H,4-6,9,12H2,1-3H3. The first-order valence-corrected chi connectivity index (χ1v) is 7.41. The third kappa shape index (κ3) is 3.52. The van der Waals surface area contributed by atoms with Gasteiger partial charge >= 0.3 is 0 Å². The zero-order chi connectivity index (χ0) is 14.5. The number of benzene rings is 1. The predicted octanol–water partition coefficient (Wildman–Crippen LogP) is 3.58. The van der Waals surface area contributed by atoms with Crippen molar-refractivity contribution in [2.75, 3.05) is 14.2 Å². The van der Waals surface area contributed by atoms with Gasteiger partial charge in [0, 0.05) is 18.2 Å². The van der Waals surface area contributed by atoms with Gasteiger partial charge in [0.2, 0.25) is 0 Å². The molecule has 1 fully saturated rings. The Kier molecular flexibility index (Phi) is 5.03. The summed E-state index contributed by atoms with van der Waals surface area (Å²) in [6.07, 6.45) is 5.24. The predicted molar refractivity (Wildman–Crippen MR) is 80.6 cm³/mol. The van der Waals surface area contributed by atoms with Crippen LogP contribution in [-0.2, 0) is 6.54 Å². The lowest BCUT2D eigenvalue weighted by Crippen LogP contribution is -2.35. The van der Waals surface area contributed by atoms with E-state index in [1.807, 2.05) is 18.2 Å². The second kappa shape index (κ2) is 6.76. The van der Waals surface area contributed by atoms with Crippen LogP contribution in [0.15, 0.2) is 18.2 Å². The Morgan fingerprint density at radius 2 is 2.20 bits per heavy atom. The summed E-state index contributed by atoms with van der Waals surface area (Å²) in [5.41, 5.74) is 1.80. The normalized spacial score (nSPS) is 22.6. The molecule has 0 saturated heterocycles. The van der Waals surface area contributed by atoms with E-state index < -0.39 is 0 Å². The molecule has 2 unspecified atom stereocenters. The highest BCUT2D eigenvalue weighted by atomic mass is 16.5. The van der Waals surface area contributed by atoms with Gasteiger partial charge in [-0.15, -0.1) is 0 Å². The summed E-state index contributed by atoms with van der Waals surface area (Å²) in [4.78, 5) is 2.41. The van der Waals surface area contributed by atoms with E-state index in [9.17, 15) is 0 Å². The van der Waals surface area contributed by atoms with E-state index in [2.05, 4.69) is 24.9 Å². The highest BCUT2D eigenvalue weighted by Crippen LogP contribution is 2.29. The number of nitrogens with zero attached hydrogens (tertiary/aromatic N) is 2. The number of rotatable bonds is 4. The van der Waals surface area contributed by atoms with Crippen LogP contribution in [0, 0.1) is 17.2 Å². The van der Waals surface area contributed by atoms with Gasteiger partial charge in [0.15, 0.2) is 0 Å². The maximum absolute atomic E-state index is 9.04. The highest BCUT2D eigenvalue weighted by Gasteiger charge is 2.23. The first-order valence-electron chi connectivity index (χ1n) is 7.41. The molecule has 2 atom stereocenters. The maximum Gasteiger partial charge on any atom is 0.123 e. The van der Waals surface area contributed by atoms with Gasteiger partial charge in [-0.1, -0.05) is 19.8 Å². The quantitative estimate of drug-likeness (QED) is 0.840. The minimum Gasteiger partial charge on any atom is -0.496 e. The van der Waals surface area contributed by atoms with Crippen LogP contribution in [0.3, 0.4) is 0 Å². The molecular formula is C17H24N2O. The summed E-state index contributed by atoms with van der Waals surface area (Å²) in [7, 11) is 3.87. The summed E-state index contributed by atoms with van der Waals surface area (Å²) in [6, 6.07) is 8.50. The molecule has 0 radical (unpaired) electrons. The van der Waals surface area contributed by atoms with Gasteiger partial charge in [-0.3, -0.25) is 4.90 Å². The summed E-state index contributed by atoms with van der Waals surface area (Å²) >= 11 is 0. The van der Waals surface area contributed by atoms with Crippen molar-refractivity contribution in [1.29, 1.82) is 5.26 Å². The third-order valence-corrected chi connectivity index (χ3v) is 4.36. The zero-order valence-corrected chi connectivity index (χ0v) is 12.7. The Bertz CT molecular complexity index is 492. The van der Waals surface area contributed by atoms with Gasteiger partial charge in [-0.25, -0.2) is 0 Å². The average molecular weight is 272 g/mol. The van der Waals surface area contributed by atoms with Crippen molar-refractivity contribution < 1.29 is 4.74 Å². The molecule has 20 heavy (non-hydrogen) atoms. The van der Waals surface area contributed by atoms with Crippen molar-refractivity contribution in [2.24, 2.45) is 5.92 Å². The fourth-order valence-corrected chi connectivity index (χ4v) is 3.17. The van der Waals surface area contributed by atoms with Gasteiger partial charge < -0.3 is 4.74 Å². The van der Waals surface area contributed by atoms with Crippen LogP contribution in [0.25, 0.3) is 0 Å². The maximum atomic E-state index is 9.04. The summed E-state index contributed by atoms with van der Waals surface area (Å²) in [5.74, 6) is 1.70. The Morgan fingerprint density at radius 1 is 1.40 bits per heavy atom. The number of nitriles is 1. The first kappa shape index (κ1) is 14.9. The third-order valence-electron chi connectivity index (χ3n) is 4.36. The number of hydrogen-bond acceptors (Lipinski definition) is 3. The van der Waals surface area contributed by atoms with Crippen LogP contribution in [0.5, 0.6) is 5.75 Å². The molecule has 1 saturated carbocycles. The molecule has 0 aromatic heterocycles. The molecule has 1 aromatic carbocycles. The molecule has 0 heterocycles. The molecule has 0 bridgehead atoms. The SMILES string of the molecule is COc1ccc(C#N)cc1CN(C)C1CCCC(C)C1. The lowest BCUT2D eigenvalue weighted by atomic mass is 9.86. The minimum atomic E-state index is 0.647. The Labute approximate surface area is 122 Å². The Hall–Kier alpha value is -1.53. The van der Waals surface area contributed by atoms with Crippen molar-refractivity contribution in [2.45, 2.75) is 45.2 Å². The van der Waals surface area contributed by atoms with E-state index in [4.69, 9.17) is 10.00 Å². The lowest BCUT2D eigenvalue weighted by Gasteiger charge is -2.34. The molecule has 0 spiro atoms. The molecule has 0 N–H and O–H groups in total. The van der Waals surface area contributed by atoms with E-state index in [0.717, 1.165) is 23.8 Å². The van der Waals surface area contributed by atoms with E-state index >= 15 is 0 Å². The van der Waals surface area contributed by atoms with Crippen LogP contribution in [0.2, 0.25) is 0 Å². The second-order valence-electron chi connectivity index (χ2n) is 5.98. The van der Waals surface area contributed by atoms with Crippen LogP contribution < -0.4 is 4.74 Å². The van der Waals surface area contributed by atoms with Gasteiger partial charge in [0.25, 0.3) is 0 Å². The van der Waals surface area contributed by atoms with E-state index in [-0.39, 0.29) is 0 Å². The number of ether oxygens (including phenoxy) is 1. The molecular weight excluding hydrogens is 248 g/mol. The van der Waals surface area contributed by atoms with Crippen molar-refractivity contribution in [3.8, 4) is 11.8 Å². The Morgan fingerprint density at radius 3 is 2.85 bits per heavy atom. The molecule has 0 aliphatic heterocycles. The van der Waals surface area contributed by atoms with E-state index in [1.165, 1.54) is 25.7 Å². The fraction of sp³-hybridized carbons (Fsp3) is 0.588. The summed E-state index contributed by atoms with van der Waals surface area (Å²) < 4.78 is 5.42. The highest BCUT2D eigenvalue weighted by molar-refractivity contribution is 5.42. The number of methoxy groups -OCH3 is 1. The average Bonchev–Trinajstić information content (AvgIpc) is 2.47. The van der Waals surface area contributed by atoms with Crippen molar-refractivity contribution >= 4 is 0 Å². The molecule has 1 aromatic rings. The van der Waals surface area contributed by atoms with Crippen LogP contribution in [0.4, 0.5) is 0 Å². The molecule has 3 heteroatoms. The summed E-state index contributed by atoms with van der Waals surface area (Å²) in [6.45, 7) is 3.19. The van der Waals surface area contributed by atoms with Crippen LogP contribution in [0.1, 0.15) is 43.7 Å². The molecule has 0 amide bonds. The molecule has 1 aliphatic carbocycles. The van der Waals surface area contributed by atoms with Gasteiger partial charge in [0.1, 0.15) is 5.75 Å². The zero-order valence-electron chi connectivity index (χ0n) is 12.7. The lowest BCUT2D eigenvalue weighted by molar-refractivity contribution is 0.156. The smallest absolute Gasteiger partial charge is 0.123 e. The second-order valence-corrected chi connectivity index (χ2v) is 5.98. The first-order chi connectivity index (χ1) is 9.63. The largest absolute Gasteiger partial charge is 0.496 e. The molecule has 108 valence electrons. The van der Waals surface area contributed by atoms with Gasteiger partial charge in [0.05, 0.1) is 18.7 Å². The Balaban J connectivity index is 2.10. The number of hydrogen-bond donors (Lipinski definition) is 0. The van der Waals surface area contributed by atoms with E-state index in [0.29, 0.717) is 11.6 Å². The van der Waals surface area contributed by atoms with Crippen LogP contribution in [-0.4, -0.2) is 25.1 Å². The topological polar surface area (TPSA) is 36.3 Å². The van der Waals surface area contributed by atoms with Crippen molar-refractivity contribution in [1.82, 2.24) is 4.90 Å². The fourth-order valence-electron chi connectivity index (χ4n) is 3.17. The molecule has 1 aliphatic rings. The minimum absolute atomic E-state index is 0.647.